The van der Waals surface area contributed by atoms with E-state index in [0.29, 0.717) is 6.54 Å². The molecule has 1 amide bonds. The lowest BCUT2D eigenvalue weighted by Crippen LogP contribution is -2.42. The van der Waals surface area contributed by atoms with Crippen molar-refractivity contribution in [3.05, 3.63) is 35.9 Å². The molecule has 4 nitrogen and oxygen atoms in total. The third kappa shape index (κ3) is 2.52. The summed E-state index contributed by atoms with van der Waals surface area (Å²) in [7, 11) is 0. The average molecular weight is 329 g/mol. The van der Waals surface area contributed by atoms with Crippen LogP contribution in [0.3, 0.4) is 0 Å². The predicted molar refractivity (Wildman–Crippen MR) is 92.2 cm³/mol. The van der Waals surface area contributed by atoms with E-state index < -0.39 is 16.4 Å². The summed E-state index contributed by atoms with van der Waals surface area (Å²) < 4.78 is 5.66. The van der Waals surface area contributed by atoms with Gasteiger partial charge in [0.15, 0.2) is 0 Å². The summed E-state index contributed by atoms with van der Waals surface area (Å²) in [6.07, 6.45) is 1.55. The Balaban J connectivity index is 1.89. The van der Waals surface area contributed by atoms with Gasteiger partial charge in [0.05, 0.1) is 16.9 Å². The zero-order valence-electron chi connectivity index (χ0n) is 15.3. The van der Waals surface area contributed by atoms with Crippen molar-refractivity contribution in [1.82, 2.24) is 4.90 Å². The molecule has 4 heteroatoms. The molecule has 1 spiro atoms. The molecule has 1 aliphatic heterocycles. The van der Waals surface area contributed by atoms with E-state index in [-0.39, 0.29) is 17.9 Å². The van der Waals surface area contributed by atoms with Gasteiger partial charge in [0.2, 0.25) is 5.91 Å². The Hall–Kier alpha value is -1.84. The Labute approximate surface area is 144 Å². The fourth-order valence-corrected chi connectivity index (χ4v) is 3.84. The predicted octanol–water partition coefficient (Wildman–Crippen LogP) is 3.72. The van der Waals surface area contributed by atoms with Gasteiger partial charge in [-0.15, -0.1) is 0 Å². The summed E-state index contributed by atoms with van der Waals surface area (Å²) in [5.41, 5.74) is -0.772. The SMILES string of the molecule is C[C@H](c1ccccc1)N1C[C@@](C)(C(=O)OC(C)(C)C)C2(CC2)C1=O. The van der Waals surface area contributed by atoms with Crippen LogP contribution in [0.4, 0.5) is 0 Å². The Bertz CT molecular complexity index is 657. The van der Waals surface area contributed by atoms with E-state index in [1.165, 1.54) is 0 Å². The zero-order valence-corrected chi connectivity index (χ0v) is 15.3. The summed E-state index contributed by atoms with van der Waals surface area (Å²) in [6, 6.07) is 9.94. The van der Waals surface area contributed by atoms with Gasteiger partial charge in [-0.05, 0) is 53.0 Å². The van der Waals surface area contributed by atoms with Crippen LogP contribution < -0.4 is 0 Å². The quantitative estimate of drug-likeness (QED) is 0.794. The molecule has 24 heavy (non-hydrogen) atoms. The van der Waals surface area contributed by atoms with Crippen molar-refractivity contribution in [2.24, 2.45) is 10.8 Å². The minimum Gasteiger partial charge on any atom is -0.459 e. The molecule has 0 radical (unpaired) electrons. The zero-order chi connectivity index (χ0) is 17.8. The highest BCUT2D eigenvalue weighted by atomic mass is 16.6. The van der Waals surface area contributed by atoms with Crippen LogP contribution in [0.25, 0.3) is 0 Å². The first-order valence-electron chi connectivity index (χ1n) is 8.70. The number of esters is 1. The molecule has 0 N–H and O–H groups in total. The standard InChI is InChI=1S/C20H27NO3/c1-14(15-9-7-6-8-10-15)21-13-19(5,17(23)24-18(2,3)4)20(11-12-20)16(21)22/h6-10,14H,11-13H2,1-5H3/t14-,19+/m1/s1. The Morgan fingerprint density at radius 1 is 1.21 bits per heavy atom. The number of likely N-dealkylation sites (tertiary alicyclic amines) is 1. The Morgan fingerprint density at radius 3 is 2.29 bits per heavy atom. The summed E-state index contributed by atoms with van der Waals surface area (Å²) in [5.74, 6) is -0.143. The van der Waals surface area contributed by atoms with Crippen LogP contribution in [0, 0.1) is 10.8 Å². The molecule has 0 bridgehead atoms. The Morgan fingerprint density at radius 2 is 1.79 bits per heavy atom. The number of amides is 1. The first kappa shape index (κ1) is 17.0. The van der Waals surface area contributed by atoms with Crippen LogP contribution in [0.1, 0.15) is 59.1 Å². The lowest BCUT2D eigenvalue weighted by atomic mass is 9.76. The van der Waals surface area contributed by atoms with E-state index in [1.807, 2.05) is 69.9 Å². The summed E-state index contributed by atoms with van der Waals surface area (Å²) in [4.78, 5) is 27.9. The van der Waals surface area contributed by atoms with Gasteiger partial charge in [-0.3, -0.25) is 9.59 Å². The lowest BCUT2D eigenvalue weighted by molar-refractivity contribution is -0.170. The van der Waals surface area contributed by atoms with Gasteiger partial charge in [0.1, 0.15) is 5.60 Å². The monoisotopic (exact) mass is 329 g/mol. The van der Waals surface area contributed by atoms with Crippen molar-refractivity contribution in [3.8, 4) is 0 Å². The van der Waals surface area contributed by atoms with E-state index in [1.54, 1.807) is 0 Å². The van der Waals surface area contributed by atoms with Gasteiger partial charge in [0, 0.05) is 6.54 Å². The molecule has 2 aliphatic rings. The number of carbonyl (C=O) groups is 2. The summed E-state index contributed by atoms with van der Waals surface area (Å²) in [6.45, 7) is 9.98. The maximum absolute atomic E-state index is 13.1. The fourth-order valence-electron chi connectivity index (χ4n) is 3.84. The summed E-state index contributed by atoms with van der Waals surface area (Å²) >= 11 is 0. The molecular formula is C20H27NO3. The largest absolute Gasteiger partial charge is 0.459 e. The lowest BCUT2D eigenvalue weighted by Gasteiger charge is -2.31. The maximum atomic E-state index is 13.1. The van der Waals surface area contributed by atoms with Crippen molar-refractivity contribution < 1.29 is 14.3 Å². The van der Waals surface area contributed by atoms with E-state index in [0.717, 1.165) is 18.4 Å². The van der Waals surface area contributed by atoms with Crippen LogP contribution in [-0.4, -0.2) is 28.9 Å². The molecule has 1 saturated carbocycles. The molecule has 1 aliphatic carbocycles. The van der Waals surface area contributed by atoms with Crippen LogP contribution >= 0.6 is 0 Å². The van der Waals surface area contributed by atoms with E-state index in [9.17, 15) is 9.59 Å². The third-order valence-corrected chi connectivity index (χ3v) is 5.56. The highest BCUT2D eigenvalue weighted by Gasteiger charge is 2.72. The van der Waals surface area contributed by atoms with Gasteiger partial charge < -0.3 is 9.64 Å². The van der Waals surface area contributed by atoms with Crippen molar-refractivity contribution >= 4 is 11.9 Å². The van der Waals surface area contributed by atoms with Gasteiger partial charge in [0.25, 0.3) is 0 Å². The second kappa shape index (κ2) is 5.33. The third-order valence-electron chi connectivity index (χ3n) is 5.56. The van der Waals surface area contributed by atoms with Crippen LogP contribution in [0.2, 0.25) is 0 Å². The van der Waals surface area contributed by atoms with E-state index >= 15 is 0 Å². The highest BCUT2D eigenvalue weighted by molar-refractivity contribution is 5.97. The fraction of sp³-hybridized carbons (Fsp3) is 0.600. The minimum atomic E-state index is -0.763. The molecule has 0 unspecified atom stereocenters. The average Bonchev–Trinajstić information content (AvgIpc) is 3.28. The molecule has 1 heterocycles. The number of ether oxygens (including phenoxy) is 1. The second-order valence-corrected chi connectivity index (χ2v) is 8.44. The van der Waals surface area contributed by atoms with Crippen molar-refractivity contribution in [2.75, 3.05) is 6.54 Å². The highest BCUT2D eigenvalue weighted by Crippen LogP contribution is 2.65. The first-order chi connectivity index (χ1) is 11.1. The molecule has 1 saturated heterocycles. The molecule has 1 aromatic carbocycles. The van der Waals surface area contributed by atoms with Crippen LogP contribution in [0.15, 0.2) is 30.3 Å². The van der Waals surface area contributed by atoms with Gasteiger partial charge in [-0.1, -0.05) is 30.3 Å². The molecule has 2 fully saturated rings. The minimum absolute atomic E-state index is 0.0413. The Kier molecular flexibility index (Phi) is 3.78. The molecule has 3 rings (SSSR count). The number of hydrogen-bond acceptors (Lipinski definition) is 3. The van der Waals surface area contributed by atoms with Gasteiger partial charge >= 0.3 is 5.97 Å². The van der Waals surface area contributed by atoms with Crippen molar-refractivity contribution in [1.29, 1.82) is 0 Å². The molecule has 1 aromatic rings. The summed E-state index contributed by atoms with van der Waals surface area (Å²) in [5, 5.41) is 0. The van der Waals surface area contributed by atoms with E-state index in [4.69, 9.17) is 4.74 Å². The van der Waals surface area contributed by atoms with Crippen molar-refractivity contribution in [3.63, 3.8) is 0 Å². The molecular weight excluding hydrogens is 302 g/mol. The smallest absolute Gasteiger partial charge is 0.315 e. The van der Waals surface area contributed by atoms with Crippen molar-refractivity contribution in [2.45, 2.75) is 59.1 Å². The molecule has 2 atom stereocenters. The van der Waals surface area contributed by atoms with Gasteiger partial charge in [-0.25, -0.2) is 0 Å². The van der Waals surface area contributed by atoms with E-state index in [2.05, 4.69) is 0 Å². The van der Waals surface area contributed by atoms with Crippen LogP contribution in [-0.2, 0) is 14.3 Å². The number of benzene rings is 1. The topological polar surface area (TPSA) is 46.6 Å². The number of hydrogen-bond donors (Lipinski definition) is 0. The van der Waals surface area contributed by atoms with Crippen LogP contribution in [0.5, 0.6) is 0 Å². The maximum Gasteiger partial charge on any atom is 0.315 e. The number of carbonyl (C=O) groups excluding carboxylic acids is 2. The molecule has 0 aromatic heterocycles. The van der Waals surface area contributed by atoms with Gasteiger partial charge in [-0.2, -0.15) is 0 Å². The number of rotatable bonds is 3. The molecule has 130 valence electrons. The normalized spacial score (nSPS) is 26.5. The number of nitrogens with zero attached hydrogens (tertiary/aromatic N) is 1. The second-order valence-electron chi connectivity index (χ2n) is 8.44. The first-order valence-corrected chi connectivity index (χ1v) is 8.70.